The molecule has 0 radical (unpaired) electrons. The number of rotatable bonds is 4. The van der Waals surface area contributed by atoms with Gasteiger partial charge >= 0.3 is 0 Å². The standard InChI is InChI=1S/C18H25N5O2/c1-5-10-23-16(24)9-8-14(20-23)18(25)22-11-6-7-15(22)17-12(2)19-21(4)13(17)3/h8-9,15H,5-7,10-11H2,1-4H3. The molecule has 3 rings (SSSR count). The van der Waals surface area contributed by atoms with E-state index in [9.17, 15) is 9.59 Å². The highest BCUT2D eigenvalue weighted by Gasteiger charge is 2.34. The molecule has 25 heavy (non-hydrogen) atoms. The number of aromatic nitrogens is 4. The lowest BCUT2D eigenvalue weighted by molar-refractivity contribution is 0.0726. The van der Waals surface area contributed by atoms with Gasteiger partial charge in [0.2, 0.25) is 0 Å². The van der Waals surface area contributed by atoms with E-state index in [-0.39, 0.29) is 17.5 Å². The molecule has 1 aliphatic rings. The first-order chi connectivity index (χ1) is 11.9. The number of amides is 1. The average molecular weight is 343 g/mol. The number of hydrogen-bond donors (Lipinski definition) is 0. The van der Waals surface area contributed by atoms with Crippen LogP contribution in [0.1, 0.15) is 59.7 Å². The molecule has 7 heteroatoms. The SMILES string of the molecule is CCCn1nc(C(=O)N2CCCC2c2c(C)nn(C)c2C)ccc1=O. The molecule has 1 fully saturated rings. The molecular weight excluding hydrogens is 318 g/mol. The van der Waals surface area contributed by atoms with Gasteiger partial charge in [-0.2, -0.15) is 10.2 Å². The summed E-state index contributed by atoms with van der Waals surface area (Å²) in [4.78, 5) is 26.8. The summed E-state index contributed by atoms with van der Waals surface area (Å²) >= 11 is 0. The maximum Gasteiger partial charge on any atom is 0.274 e. The number of likely N-dealkylation sites (tertiary alicyclic amines) is 1. The molecule has 0 saturated carbocycles. The summed E-state index contributed by atoms with van der Waals surface area (Å²) in [6.07, 6.45) is 2.68. The third-order valence-corrected chi connectivity index (χ3v) is 4.93. The maximum absolute atomic E-state index is 13.0. The van der Waals surface area contributed by atoms with E-state index in [4.69, 9.17) is 0 Å². The maximum atomic E-state index is 13.0. The third kappa shape index (κ3) is 3.10. The lowest BCUT2D eigenvalue weighted by Gasteiger charge is -2.25. The van der Waals surface area contributed by atoms with Crippen molar-refractivity contribution in [3.8, 4) is 0 Å². The quantitative estimate of drug-likeness (QED) is 0.851. The van der Waals surface area contributed by atoms with E-state index in [1.54, 1.807) is 0 Å². The van der Waals surface area contributed by atoms with Crippen LogP contribution in [0.4, 0.5) is 0 Å². The van der Waals surface area contributed by atoms with Gasteiger partial charge in [0.1, 0.15) is 5.69 Å². The second kappa shape index (κ2) is 6.82. The molecule has 1 saturated heterocycles. The van der Waals surface area contributed by atoms with Crippen molar-refractivity contribution in [2.24, 2.45) is 7.05 Å². The molecule has 3 heterocycles. The summed E-state index contributed by atoms with van der Waals surface area (Å²) in [6.45, 7) is 7.22. The predicted molar refractivity (Wildman–Crippen MR) is 94.5 cm³/mol. The van der Waals surface area contributed by atoms with Crippen molar-refractivity contribution >= 4 is 5.91 Å². The van der Waals surface area contributed by atoms with E-state index in [1.807, 2.05) is 37.4 Å². The number of carbonyl (C=O) groups is 1. The van der Waals surface area contributed by atoms with Crippen LogP contribution in [0, 0.1) is 13.8 Å². The van der Waals surface area contributed by atoms with E-state index in [0.717, 1.165) is 36.2 Å². The second-order valence-corrected chi connectivity index (χ2v) is 6.64. The normalized spacial score (nSPS) is 17.3. The molecule has 1 unspecified atom stereocenters. The van der Waals surface area contributed by atoms with Crippen LogP contribution in [0.15, 0.2) is 16.9 Å². The Morgan fingerprint density at radius 2 is 2.04 bits per heavy atom. The van der Waals surface area contributed by atoms with Crippen molar-refractivity contribution in [2.75, 3.05) is 6.54 Å². The highest BCUT2D eigenvalue weighted by atomic mass is 16.2. The molecule has 7 nitrogen and oxygen atoms in total. The molecule has 134 valence electrons. The van der Waals surface area contributed by atoms with Gasteiger partial charge in [0.15, 0.2) is 0 Å². The fraction of sp³-hybridized carbons (Fsp3) is 0.556. The molecule has 1 amide bonds. The smallest absolute Gasteiger partial charge is 0.274 e. The van der Waals surface area contributed by atoms with Gasteiger partial charge in [0, 0.05) is 37.5 Å². The van der Waals surface area contributed by atoms with Gasteiger partial charge in [-0.1, -0.05) is 6.92 Å². The minimum Gasteiger partial charge on any atom is -0.330 e. The first-order valence-electron chi connectivity index (χ1n) is 8.83. The topological polar surface area (TPSA) is 73.0 Å². The Kier molecular flexibility index (Phi) is 4.74. The molecule has 0 aliphatic carbocycles. The van der Waals surface area contributed by atoms with E-state index in [0.29, 0.717) is 18.8 Å². The van der Waals surface area contributed by atoms with Gasteiger partial charge in [0.05, 0.1) is 11.7 Å². The molecular formula is C18H25N5O2. The van der Waals surface area contributed by atoms with Crippen molar-refractivity contribution < 1.29 is 4.79 Å². The summed E-state index contributed by atoms with van der Waals surface area (Å²) in [7, 11) is 1.93. The van der Waals surface area contributed by atoms with E-state index in [2.05, 4.69) is 10.2 Å². The van der Waals surface area contributed by atoms with Crippen LogP contribution < -0.4 is 5.56 Å². The minimum atomic E-state index is -0.171. The first-order valence-corrected chi connectivity index (χ1v) is 8.83. The Balaban J connectivity index is 1.94. The van der Waals surface area contributed by atoms with Gasteiger partial charge in [0.25, 0.3) is 11.5 Å². The van der Waals surface area contributed by atoms with Crippen molar-refractivity contribution in [1.29, 1.82) is 0 Å². The lowest BCUT2D eigenvalue weighted by Crippen LogP contribution is -2.34. The van der Waals surface area contributed by atoms with Gasteiger partial charge in [-0.05, 0) is 39.2 Å². The van der Waals surface area contributed by atoms with Crippen LogP contribution in [0.2, 0.25) is 0 Å². The fourth-order valence-corrected chi connectivity index (χ4v) is 3.66. The Morgan fingerprint density at radius 1 is 1.28 bits per heavy atom. The Bertz CT molecular complexity index is 852. The molecule has 0 spiro atoms. The van der Waals surface area contributed by atoms with E-state index >= 15 is 0 Å². The summed E-state index contributed by atoms with van der Waals surface area (Å²) in [5.41, 5.74) is 3.35. The van der Waals surface area contributed by atoms with Gasteiger partial charge in [-0.3, -0.25) is 14.3 Å². The molecule has 1 aliphatic heterocycles. The monoisotopic (exact) mass is 343 g/mol. The fourth-order valence-electron chi connectivity index (χ4n) is 3.66. The predicted octanol–water partition coefficient (Wildman–Crippen LogP) is 1.98. The highest BCUT2D eigenvalue weighted by molar-refractivity contribution is 5.92. The zero-order chi connectivity index (χ0) is 18.1. The van der Waals surface area contributed by atoms with Gasteiger partial charge in [-0.25, -0.2) is 4.68 Å². The van der Waals surface area contributed by atoms with E-state index in [1.165, 1.54) is 16.8 Å². The van der Waals surface area contributed by atoms with Gasteiger partial charge in [-0.15, -0.1) is 0 Å². The Labute approximate surface area is 147 Å². The number of hydrogen-bond acceptors (Lipinski definition) is 4. The zero-order valence-electron chi connectivity index (χ0n) is 15.3. The third-order valence-electron chi connectivity index (χ3n) is 4.93. The van der Waals surface area contributed by atoms with Crippen LogP contribution in [0.25, 0.3) is 0 Å². The summed E-state index contributed by atoms with van der Waals surface area (Å²) in [6, 6.07) is 2.99. The lowest BCUT2D eigenvalue weighted by atomic mass is 10.0. The summed E-state index contributed by atoms with van der Waals surface area (Å²) < 4.78 is 3.24. The number of carbonyl (C=O) groups excluding carboxylic acids is 1. The van der Waals surface area contributed by atoms with Crippen LogP contribution in [-0.4, -0.2) is 36.9 Å². The minimum absolute atomic E-state index is 0.0227. The largest absolute Gasteiger partial charge is 0.330 e. The molecule has 0 bridgehead atoms. The molecule has 2 aromatic heterocycles. The van der Waals surface area contributed by atoms with Crippen molar-refractivity contribution in [3.05, 3.63) is 45.1 Å². The Hall–Kier alpha value is -2.44. The average Bonchev–Trinajstić information content (AvgIpc) is 3.14. The highest BCUT2D eigenvalue weighted by Crippen LogP contribution is 2.36. The molecule has 0 N–H and O–H groups in total. The number of nitrogens with zero attached hydrogens (tertiary/aromatic N) is 5. The summed E-state index contributed by atoms with van der Waals surface area (Å²) in [5.74, 6) is -0.116. The van der Waals surface area contributed by atoms with Crippen molar-refractivity contribution in [3.63, 3.8) is 0 Å². The number of aryl methyl sites for hydroxylation is 3. The molecule has 2 aromatic rings. The van der Waals surface area contributed by atoms with Gasteiger partial charge < -0.3 is 4.90 Å². The van der Waals surface area contributed by atoms with Crippen LogP contribution in [0.3, 0.4) is 0 Å². The molecule has 1 atom stereocenters. The Morgan fingerprint density at radius 3 is 2.68 bits per heavy atom. The summed E-state index contributed by atoms with van der Waals surface area (Å²) in [5, 5.41) is 8.77. The molecule has 0 aromatic carbocycles. The van der Waals surface area contributed by atoms with Crippen LogP contribution in [-0.2, 0) is 13.6 Å². The van der Waals surface area contributed by atoms with Crippen LogP contribution in [0.5, 0.6) is 0 Å². The van der Waals surface area contributed by atoms with Crippen LogP contribution >= 0.6 is 0 Å². The second-order valence-electron chi connectivity index (χ2n) is 6.64. The first kappa shape index (κ1) is 17.4. The zero-order valence-corrected chi connectivity index (χ0v) is 15.3. The van der Waals surface area contributed by atoms with E-state index < -0.39 is 0 Å². The van der Waals surface area contributed by atoms with Crippen molar-refractivity contribution in [2.45, 2.75) is 52.6 Å². The van der Waals surface area contributed by atoms with Crippen molar-refractivity contribution in [1.82, 2.24) is 24.5 Å².